The van der Waals surface area contributed by atoms with Gasteiger partial charge in [0, 0.05) is 55.8 Å². The van der Waals surface area contributed by atoms with Gasteiger partial charge in [-0.1, -0.05) is 0 Å². The molecule has 2 aromatic rings. The van der Waals surface area contributed by atoms with Gasteiger partial charge in [0.05, 0.1) is 18.0 Å². The van der Waals surface area contributed by atoms with Gasteiger partial charge in [-0.05, 0) is 51.0 Å². The van der Waals surface area contributed by atoms with Crippen molar-refractivity contribution in [2.24, 2.45) is 0 Å². The molecule has 0 aromatic carbocycles. The number of aliphatic hydroxyl groups excluding tert-OH is 1. The summed E-state index contributed by atoms with van der Waals surface area (Å²) in [5.74, 6) is 0. The number of rotatable bonds is 3. The van der Waals surface area contributed by atoms with Crippen LogP contribution in [0.4, 0.5) is 0 Å². The molecule has 1 unspecified atom stereocenters. The van der Waals surface area contributed by atoms with Gasteiger partial charge in [-0.15, -0.1) is 0 Å². The van der Waals surface area contributed by atoms with Gasteiger partial charge in [-0.3, -0.25) is 14.8 Å². The van der Waals surface area contributed by atoms with Crippen molar-refractivity contribution in [2.75, 3.05) is 19.6 Å². The number of pyridine rings is 1. The lowest BCUT2D eigenvalue weighted by atomic mass is 10.1. The molecule has 1 N–H and O–H groups in total. The van der Waals surface area contributed by atoms with Crippen molar-refractivity contribution in [3.8, 4) is 5.69 Å². The Morgan fingerprint density at radius 1 is 1.24 bits per heavy atom. The van der Waals surface area contributed by atoms with Gasteiger partial charge < -0.3 is 9.67 Å². The highest BCUT2D eigenvalue weighted by Gasteiger charge is 2.38. The highest BCUT2D eigenvalue weighted by atomic mass is 16.3. The van der Waals surface area contributed by atoms with Crippen LogP contribution in [0.2, 0.25) is 0 Å². The predicted molar refractivity (Wildman–Crippen MR) is 98.9 cm³/mol. The number of aliphatic hydroxyl groups is 1. The van der Waals surface area contributed by atoms with E-state index in [1.54, 1.807) is 0 Å². The molecule has 0 saturated carbocycles. The second-order valence-corrected chi connectivity index (χ2v) is 7.72. The SMILES string of the molecule is Cc1cc(CN2CC3C[C@@H](O)CN3C[C@@H]2C)c(C)n1-c1cccnc1. The highest BCUT2D eigenvalue weighted by Crippen LogP contribution is 2.28. The van der Waals surface area contributed by atoms with Gasteiger partial charge in [-0.2, -0.15) is 0 Å². The van der Waals surface area contributed by atoms with E-state index in [9.17, 15) is 5.11 Å². The topological polar surface area (TPSA) is 44.5 Å². The van der Waals surface area contributed by atoms with E-state index >= 15 is 0 Å². The fourth-order valence-electron chi connectivity index (χ4n) is 4.59. The first-order chi connectivity index (χ1) is 12.0. The molecule has 2 aromatic heterocycles. The molecule has 2 saturated heterocycles. The van der Waals surface area contributed by atoms with E-state index in [2.05, 4.69) is 52.3 Å². The third kappa shape index (κ3) is 3.12. The molecule has 0 radical (unpaired) electrons. The van der Waals surface area contributed by atoms with Gasteiger partial charge in [-0.25, -0.2) is 0 Å². The van der Waals surface area contributed by atoms with E-state index < -0.39 is 0 Å². The zero-order valence-electron chi connectivity index (χ0n) is 15.4. The summed E-state index contributed by atoms with van der Waals surface area (Å²) in [5, 5.41) is 9.96. The highest BCUT2D eigenvalue weighted by molar-refractivity contribution is 5.39. The van der Waals surface area contributed by atoms with E-state index in [-0.39, 0.29) is 6.10 Å². The third-order valence-electron chi connectivity index (χ3n) is 5.89. The number of hydrogen-bond acceptors (Lipinski definition) is 4. The number of hydrogen-bond donors (Lipinski definition) is 1. The fraction of sp³-hybridized carbons (Fsp3) is 0.550. The van der Waals surface area contributed by atoms with Gasteiger partial charge >= 0.3 is 0 Å². The Morgan fingerprint density at radius 3 is 2.84 bits per heavy atom. The quantitative estimate of drug-likeness (QED) is 0.930. The lowest BCUT2D eigenvalue weighted by molar-refractivity contribution is 0.0527. The molecule has 0 bridgehead atoms. The van der Waals surface area contributed by atoms with Crippen LogP contribution in [0, 0.1) is 13.8 Å². The normalized spacial score (nSPS) is 27.6. The molecule has 5 nitrogen and oxygen atoms in total. The van der Waals surface area contributed by atoms with E-state index in [1.165, 1.54) is 17.0 Å². The minimum absolute atomic E-state index is 0.146. The standard InChI is InChI=1S/C20H28N4O/c1-14-7-17(16(3)24(14)18-5-4-6-21-9-18)11-22-12-19-8-20(25)13-23(19)10-15(22)2/h4-7,9,15,19-20,25H,8,10-13H2,1-3H3/t15-,19?,20+/m0/s1. The minimum atomic E-state index is -0.146. The van der Waals surface area contributed by atoms with Crippen molar-refractivity contribution < 1.29 is 5.11 Å². The van der Waals surface area contributed by atoms with Crippen molar-refractivity contribution in [3.63, 3.8) is 0 Å². The zero-order chi connectivity index (χ0) is 17.6. The number of fused-ring (bicyclic) bond motifs is 1. The van der Waals surface area contributed by atoms with Crippen LogP contribution >= 0.6 is 0 Å². The van der Waals surface area contributed by atoms with Gasteiger partial charge in [0.25, 0.3) is 0 Å². The molecule has 4 rings (SSSR count). The Morgan fingerprint density at radius 2 is 2.08 bits per heavy atom. The number of aromatic nitrogens is 2. The predicted octanol–water partition coefficient (Wildman–Crippen LogP) is 2.13. The molecule has 0 spiro atoms. The second-order valence-electron chi connectivity index (χ2n) is 7.72. The van der Waals surface area contributed by atoms with Crippen molar-refractivity contribution in [1.82, 2.24) is 19.4 Å². The Kier molecular flexibility index (Phi) is 4.40. The molecule has 5 heteroatoms. The first kappa shape index (κ1) is 16.8. The summed E-state index contributed by atoms with van der Waals surface area (Å²) in [4.78, 5) is 9.30. The second kappa shape index (κ2) is 6.56. The monoisotopic (exact) mass is 340 g/mol. The molecular formula is C20H28N4O. The maximum absolute atomic E-state index is 9.96. The van der Waals surface area contributed by atoms with Crippen molar-refractivity contribution in [3.05, 3.63) is 47.5 Å². The third-order valence-corrected chi connectivity index (χ3v) is 5.89. The molecule has 0 aliphatic carbocycles. The maximum atomic E-state index is 9.96. The smallest absolute Gasteiger partial charge is 0.0682 e. The van der Waals surface area contributed by atoms with Crippen LogP contribution in [-0.2, 0) is 6.54 Å². The van der Waals surface area contributed by atoms with Crippen LogP contribution in [0.1, 0.15) is 30.3 Å². The summed E-state index contributed by atoms with van der Waals surface area (Å²) in [6.07, 6.45) is 4.51. The zero-order valence-corrected chi connectivity index (χ0v) is 15.4. The summed E-state index contributed by atoms with van der Waals surface area (Å²) in [6, 6.07) is 7.43. The molecule has 2 aliphatic heterocycles. The summed E-state index contributed by atoms with van der Waals surface area (Å²) >= 11 is 0. The number of aryl methyl sites for hydroxylation is 1. The van der Waals surface area contributed by atoms with Crippen molar-refractivity contribution in [2.45, 2.75) is 51.9 Å². The minimum Gasteiger partial charge on any atom is -0.392 e. The lowest BCUT2D eigenvalue weighted by Crippen LogP contribution is -2.54. The van der Waals surface area contributed by atoms with E-state index in [0.717, 1.165) is 38.3 Å². The van der Waals surface area contributed by atoms with Crippen LogP contribution < -0.4 is 0 Å². The molecule has 2 aliphatic rings. The Bertz CT molecular complexity index is 742. The van der Waals surface area contributed by atoms with Crippen molar-refractivity contribution >= 4 is 0 Å². The van der Waals surface area contributed by atoms with Crippen molar-refractivity contribution in [1.29, 1.82) is 0 Å². The average molecular weight is 340 g/mol. The van der Waals surface area contributed by atoms with Gasteiger partial charge in [0.2, 0.25) is 0 Å². The summed E-state index contributed by atoms with van der Waals surface area (Å²) in [5.41, 5.74) is 5.07. The molecule has 4 heterocycles. The Labute approximate surface area is 149 Å². The summed E-state index contributed by atoms with van der Waals surface area (Å²) in [6.45, 7) is 10.6. The lowest BCUT2D eigenvalue weighted by Gasteiger charge is -2.42. The summed E-state index contributed by atoms with van der Waals surface area (Å²) < 4.78 is 2.29. The number of nitrogens with zero attached hydrogens (tertiary/aromatic N) is 4. The molecule has 134 valence electrons. The molecular weight excluding hydrogens is 312 g/mol. The summed E-state index contributed by atoms with van der Waals surface area (Å²) in [7, 11) is 0. The Hall–Kier alpha value is -1.69. The average Bonchev–Trinajstić information content (AvgIpc) is 3.07. The van der Waals surface area contributed by atoms with Crippen LogP contribution in [0.15, 0.2) is 30.6 Å². The van der Waals surface area contributed by atoms with E-state index in [1.807, 2.05) is 18.5 Å². The van der Waals surface area contributed by atoms with Crippen LogP contribution in [0.5, 0.6) is 0 Å². The first-order valence-corrected chi connectivity index (χ1v) is 9.27. The van der Waals surface area contributed by atoms with E-state index in [0.29, 0.717) is 12.1 Å². The fourth-order valence-corrected chi connectivity index (χ4v) is 4.59. The first-order valence-electron chi connectivity index (χ1n) is 9.27. The largest absolute Gasteiger partial charge is 0.392 e. The molecule has 2 fully saturated rings. The van der Waals surface area contributed by atoms with Crippen LogP contribution in [0.3, 0.4) is 0 Å². The number of piperazine rings is 1. The van der Waals surface area contributed by atoms with Crippen LogP contribution in [0.25, 0.3) is 5.69 Å². The van der Waals surface area contributed by atoms with Gasteiger partial charge in [0.15, 0.2) is 0 Å². The molecule has 0 amide bonds. The molecule has 3 atom stereocenters. The Balaban J connectivity index is 1.55. The maximum Gasteiger partial charge on any atom is 0.0682 e. The molecule has 25 heavy (non-hydrogen) atoms. The van der Waals surface area contributed by atoms with E-state index in [4.69, 9.17) is 0 Å². The van der Waals surface area contributed by atoms with Crippen LogP contribution in [-0.4, -0.2) is 62.3 Å². The van der Waals surface area contributed by atoms with Gasteiger partial charge in [0.1, 0.15) is 0 Å².